The van der Waals surface area contributed by atoms with Gasteiger partial charge in [-0.2, -0.15) is 0 Å². The van der Waals surface area contributed by atoms with Crippen LogP contribution in [0.3, 0.4) is 0 Å². The molecule has 0 bridgehead atoms. The second kappa shape index (κ2) is 10.6. The fourth-order valence-electron chi connectivity index (χ4n) is 6.81. The summed E-state index contributed by atoms with van der Waals surface area (Å²) in [6.07, 6.45) is 3.49. The number of fused-ring (bicyclic) bond motifs is 1. The smallest absolute Gasteiger partial charge is 0.276 e. The lowest BCUT2D eigenvalue weighted by Crippen LogP contribution is -2.39. The van der Waals surface area contributed by atoms with Crippen molar-refractivity contribution in [3.8, 4) is 0 Å². The summed E-state index contributed by atoms with van der Waals surface area (Å²) >= 11 is 0. The molecule has 3 atom stereocenters. The number of halogens is 4. The van der Waals surface area contributed by atoms with Crippen molar-refractivity contribution < 1.29 is 31.8 Å². The highest BCUT2D eigenvalue weighted by atomic mass is 19.3. The third kappa shape index (κ3) is 6.12. The van der Waals surface area contributed by atoms with Crippen LogP contribution in [0.2, 0.25) is 0 Å². The Labute approximate surface area is 244 Å². The first-order valence-electron chi connectivity index (χ1n) is 15.2. The predicted octanol–water partition coefficient (Wildman–Crippen LogP) is 6.12. The second-order valence-electron chi connectivity index (χ2n) is 13.1. The molecule has 7 rings (SSSR count). The summed E-state index contributed by atoms with van der Waals surface area (Å²) in [5.74, 6) is -6.42. The molecule has 43 heavy (non-hydrogen) atoms. The molecule has 2 aromatic heterocycles. The topological polar surface area (TPSA) is 126 Å². The highest BCUT2D eigenvalue weighted by Crippen LogP contribution is 2.46. The molecule has 4 fully saturated rings. The van der Waals surface area contributed by atoms with Crippen LogP contribution in [0.1, 0.15) is 116 Å². The van der Waals surface area contributed by atoms with Crippen LogP contribution in [0.25, 0.3) is 11.0 Å². The molecule has 4 aliphatic carbocycles. The average molecular weight is 603 g/mol. The zero-order valence-corrected chi connectivity index (χ0v) is 23.6. The Morgan fingerprint density at radius 2 is 1.74 bits per heavy atom. The SMILES string of the molecule is O=C(CC1CC(F)(F)C1)N[C@@H](c1ccc2nc([C@@H](NC(=O)c3nonc3C3CC3)[C@H]3CCCC(F)(F)C3)[nH]c2c1)C1CC1. The maximum absolute atomic E-state index is 14.5. The standard InChI is InChI=1S/C30H34F4N6O3/c31-29(32)9-1-2-19(14-29)25(38-28(42)26-24(17-5-6-17)39-43-40-26)27-35-20-8-7-18(11-21(20)36-27)23(16-3-4-16)37-22(41)10-15-12-30(33,34)13-15/h7-8,11,15-17,19,23,25H,1-6,9-10,12-14H2,(H,35,36)(H,37,41)(H,38,42)/t19-,23+,25-/m0/s1. The fraction of sp³-hybridized carbons (Fsp3) is 0.633. The first kappa shape index (κ1) is 28.3. The van der Waals surface area contributed by atoms with Gasteiger partial charge >= 0.3 is 0 Å². The zero-order valence-electron chi connectivity index (χ0n) is 23.6. The van der Waals surface area contributed by atoms with E-state index in [1.165, 1.54) is 0 Å². The van der Waals surface area contributed by atoms with Crippen LogP contribution >= 0.6 is 0 Å². The molecule has 1 aromatic carbocycles. The normalized spacial score (nSPS) is 24.7. The highest BCUT2D eigenvalue weighted by Gasteiger charge is 2.46. The van der Waals surface area contributed by atoms with E-state index in [2.05, 4.69) is 25.9 Å². The maximum atomic E-state index is 14.5. The molecule has 3 N–H and O–H groups in total. The molecule has 0 spiro atoms. The van der Waals surface area contributed by atoms with Crippen molar-refractivity contribution in [2.24, 2.45) is 17.8 Å². The second-order valence-corrected chi connectivity index (χ2v) is 13.1. The Morgan fingerprint density at radius 1 is 0.953 bits per heavy atom. The molecular weight excluding hydrogens is 568 g/mol. The zero-order chi connectivity index (χ0) is 29.9. The molecular formula is C30H34F4N6O3. The lowest BCUT2D eigenvalue weighted by molar-refractivity contribution is -0.134. The number of hydrogen-bond acceptors (Lipinski definition) is 6. The molecule has 9 nitrogen and oxygen atoms in total. The van der Waals surface area contributed by atoms with Crippen molar-refractivity contribution in [3.05, 3.63) is 41.0 Å². The lowest BCUT2D eigenvalue weighted by Gasteiger charge is -2.34. The monoisotopic (exact) mass is 602 g/mol. The van der Waals surface area contributed by atoms with Gasteiger partial charge in [-0.3, -0.25) is 9.59 Å². The number of hydrogen-bond donors (Lipinski definition) is 3. The van der Waals surface area contributed by atoms with Gasteiger partial charge < -0.3 is 15.6 Å². The van der Waals surface area contributed by atoms with E-state index in [-0.39, 0.29) is 67.5 Å². The molecule has 2 heterocycles. The summed E-state index contributed by atoms with van der Waals surface area (Å²) < 4.78 is 60.4. The van der Waals surface area contributed by atoms with Crippen LogP contribution in [-0.2, 0) is 4.79 Å². The van der Waals surface area contributed by atoms with Gasteiger partial charge in [0.05, 0.1) is 23.1 Å². The van der Waals surface area contributed by atoms with Gasteiger partial charge in [-0.15, -0.1) is 0 Å². The van der Waals surface area contributed by atoms with Crippen LogP contribution in [0.15, 0.2) is 22.8 Å². The van der Waals surface area contributed by atoms with Crippen LogP contribution < -0.4 is 10.6 Å². The van der Waals surface area contributed by atoms with E-state index in [1.54, 1.807) is 6.07 Å². The molecule has 230 valence electrons. The third-order valence-electron chi connectivity index (χ3n) is 9.37. The van der Waals surface area contributed by atoms with Crippen LogP contribution in [0.5, 0.6) is 0 Å². The quantitative estimate of drug-likeness (QED) is 0.240. The Morgan fingerprint density at radius 3 is 2.44 bits per heavy atom. The van der Waals surface area contributed by atoms with E-state index in [0.29, 0.717) is 35.4 Å². The summed E-state index contributed by atoms with van der Waals surface area (Å²) in [6.45, 7) is 0. The molecule has 4 saturated carbocycles. The number of alkyl halides is 4. The van der Waals surface area contributed by atoms with Crippen molar-refractivity contribution in [3.63, 3.8) is 0 Å². The van der Waals surface area contributed by atoms with Crippen molar-refractivity contribution in [1.29, 1.82) is 0 Å². The molecule has 3 aromatic rings. The number of carbonyl (C=O) groups excluding carboxylic acids is 2. The predicted molar refractivity (Wildman–Crippen MR) is 145 cm³/mol. The first-order valence-corrected chi connectivity index (χ1v) is 15.2. The van der Waals surface area contributed by atoms with E-state index in [1.807, 2.05) is 12.1 Å². The van der Waals surface area contributed by atoms with Gasteiger partial charge in [0.15, 0.2) is 5.69 Å². The van der Waals surface area contributed by atoms with Crippen LogP contribution in [0.4, 0.5) is 17.6 Å². The van der Waals surface area contributed by atoms with E-state index in [4.69, 9.17) is 9.61 Å². The number of amides is 2. The minimum Gasteiger partial charge on any atom is -0.349 e. The number of H-pyrrole nitrogens is 1. The largest absolute Gasteiger partial charge is 0.349 e. The van der Waals surface area contributed by atoms with Gasteiger partial charge in [0.25, 0.3) is 5.91 Å². The van der Waals surface area contributed by atoms with E-state index in [0.717, 1.165) is 31.2 Å². The Hall–Kier alpha value is -3.51. The minimum atomic E-state index is -2.84. The summed E-state index contributed by atoms with van der Waals surface area (Å²) in [4.78, 5) is 34.0. The number of benzene rings is 1. The van der Waals surface area contributed by atoms with Gasteiger partial charge in [-0.1, -0.05) is 11.2 Å². The molecule has 13 heteroatoms. The van der Waals surface area contributed by atoms with Crippen LogP contribution in [0, 0.1) is 17.8 Å². The summed E-state index contributed by atoms with van der Waals surface area (Å²) in [5.41, 5.74) is 2.65. The van der Waals surface area contributed by atoms with Crippen molar-refractivity contribution in [2.45, 2.75) is 100 Å². The number of nitrogens with one attached hydrogen (secondary N) is 3. The number of imidazole rings is 1. The van der Waals surface area contributed by atoms with Gasteiger partial charge in [0.2, 0.25) is 17.8 Å². The van der Waals surface area contributed by atoms with E-state index < -0.39 is 29.7 Å². The number of rotatable bonds is 10. The van der Waals surface area contributed by atoms with Gasteiger partial charge in [0.1, 0.15) is 11.5 Å². The lowest BCUT2D eigenvalue weighted by atomic mass is 9.79. The molecule has 0 aliphatic heterocycles. The molecule has 0 saturated heterocycles. The Bertz CT molecular complexity index is 1520. The average Bonchev–Trinajstić information content (AvgIpc) is 3.86. The Balaban J connectivity index is 1.13. The van der Waals surface area contributed by atoms with E-state index in [9.17, 15) is 27.2 Å². The minimum absolute atomic E-state index is 0.0714. The number of nitrogens with zero attached hydrogens (tertiary/aromatic N) is 3. The number of aromatic nitrogens is 4. The van der Waals surface area contributed by atoms with Crippen LogP contribution in [-0.4, -0.2) is 43.9 Å². The van der Waals surface area contributed by atoms with Gasteiger partial charge in [0, 0.05) is 38.0 Å². The number of carbonyl (C=O) groups is 2. The maximum Gasteiger partial charge on any atom is 0.276 e. The molecule has 4 aliphatic rings. The fourth-order valence-corrected chi connectivity index (χ4v) is 6.81. The molecule has 0 radical (unpaired) electrons. The van der Waals surface area contributed by atoms with Crippen molar-refractivity contribution in [1.82, 2.24) is 30.9 Å². The molecule has 2 amide bonds. The van der Waals surface area contributed by atoms with Crippen molar-refractivity contribution >= 4 is 22.8 Å². The van der Waals surface area contributed by atoms with Gasteiger partial charge in [-0.05, 0) is 79.1 Å². The summed E-state index contributed by atoms with van der Waals surface area (Å²) in [7, 11) is 0. The molecule has 0 unspecified atom stereocenters. The third-order valence-corrected chi connectivity index (χ3v) is 9.37. The summed E-state index contributed by atoms with van der Waals surface area (Å²) in [5, 5.41) is 13.7. The summed E-state index contributed by atoms with van der Waals surface area (Å²) in [6, 6.07) is 4.47. The first-order chi connectivity index (χ1) is 20.5. The van der Waals surface area contributed by atoms with Gasteiger partial charge in [-0.25, -0.2) is 27.2 Å². The van der Waals surface area contributed by atoms with E-state index >= 15 is 0 Å². The van der Waals surface area contributed by atoms with Crippen molar-refractivity contribution in [2.75, 3.05) is 0 Å². The highest BCUT2D eigenvalue weighted by molar-refractivity contribution is 5.93. The Kier molecular flexibility index (Phi) is 6.96. The number of aromatic amines is 1.